The van der Waals surface area contributed by atoms with Crippen molar-refractivity contribution in [3.63, 3.8) is 0 Å². The maximum absolute atomic E-state index is 12.2. The van der Waals surface area contributed by atoms with Gasteiger partial charge in [-0.3, -0.25) is 4.98 Å². The monoisotopic (exact) mass is 377 g/mol. The summed E-state index contributed by atoms with van der Waals surface area (Å²) in [6.07, 6.45) is -1.10. The lowest BCUT2D eigenvalue weighted by Gasteiger charge is -2.28. The van der Waals surface area contributed by atoms with E-state index in [1.54, 1.807) is 0 Å². The van der Waals surface area contributed by atoms with Gasteiger partial charge in [0.2, 0.25) is 0 Å². The Kier molecular flexibility index (Phi) is 5.26. The van der Waals surface area contributed by atoms with Crippen LogP contribution in [0.15, 0.2) is 42.5 Å². The normalized spacial score (nSPS) is 12.9. The Hall–Kier alpha value is -2.72. The minimum absolute atomic E-state index is 0.610. The number of hydrogen-bond acceptors (Lipinski definition) is 3. The van der Waals surface area contributed by atoms with Gasteiger partial charge in [0.05, 0.1) is 11.1 Å². The van der Waals surface area contributed by atoms with E-state index in [4.69, 9.17) is 9.72 Å². The smallest absolute Gasteiger partial charge is 0.337 e. The van der Waals surface area contributed by atoms with Crippen LogP contribution in [0.3, 0.4) is 0 Å². The zero-order valence-electron chi connectivity index (χ0n) is 17.3. The number of ether oxygens (including phenoxy) is 1. The molecule has 4 heteroatoms. The molecule has 0 bridgehead atoms. The molecule has 2 aromatic carbocycles. The highest BCUT2D eigenvalue weighted by atomic mass is 16.5. The molecule has 0 amide bonds. The van der Waals surface area contributed by atoms with Gasteiger partial charge in [0.15, 0.2) is 6.10 Å². The summed E-state index contributed by atoms with van der Waals surface area (Å²) in [5, 5.41) is 10.9. The van der Waals surface area contributed by atoms with Crippen LogP contribution in [-0.2, 0) is 9.53 Å². The van der Waals surface area contributed by atoms with Crippen molar-refractivity contribution in [1.29, 1.82) is 0 Å². The largest absolute Gasteiger partial charge is 0.479 e. The Labute approximate surface area is 166 Å². The van der Waals surface area contributed by atoms with E-state index in [-0.39, 0.29) is 0 Å². The van der Waals surface area contributed by atoms with E-state index in [0.29, 0.717) is 11.3 Å². The van der Waals surface area contributed by atoms with Crippen molar-refractivity contribution >= 4 is 16.9 Å². The molecule has 0 saturated heterocycles. The fourth-order valence-corrected chi connectivity index (χ4v) is 3.46. The summed E-state index contributed by atoms with van der Waals surface area (Å²) >= 11 is 0. The predicted molar refractivity (Wildman–Crippen MR) is 113 cm³/mol. The van der Waals surface area contributed by atoms with Crippen LogP contribution >= 0.6 is 0 Å². The van der Waals surface area contributed by atoms with E-state index in [0.717, 1.165) is 27.6 Å². The molecule has 1 aromatic heterocycles. The van der Waals surface area contributed by atoms with Crippen LogP contribution in [0.4, 0.5) is 0 Å². The second-order valence-electron chi connectivity index (χ2n) is 8.25. The number of aryl methyl sites for hydroxylation is 3. The van der Waals surface area contributed by atoms with Gasteiger partial charge < -0.3 is 9.84 Å². The maximum atomic E-state index is 12.2. The molecule has 1 N–H and O–H groups in total. The molecule has 3 rings (SSSR count). The molecular formula is C24H27NO3. The first-order chi connectivity index (χ1) is 13.1. The van der Waals surface area contributed by atoms with Crippen LogP contribution in [0.25, 0.3) is 22.0 Å². The van der Waals surface area contributed by atoms with E-state index in [9.17, 15) is 9.90 Å². The number of carbonyl (C=O) groups is 1. The van der Waals surface area contributed by atoms with Crippen LogP contribution in [0, 0.1) is 20.8 Å². The highest BCUT2D eigenvalue weighted by Gasteiger charge is 2.32. The number of carboxylic acids is 1. The van der Waals surface area contributed by atoms with E-state index in [1.165, 1.54) is 5.56 Å². The summed E-state index contributed by atoms with van der Waals surface area (Å²) in [4.78, 5) is 16.9. The lowest BCUT2D eigenvalue weighted by molar-refractivity contribution is -0.160. The lowest BCUT2D eigenvalue weighted by atomic mass is 9.89. The first-order valence-corrected chi connectivity index (χ1v) is 9.46. The average Bonchev–Trinajstić information content (AvgIpc) is 2.60. The van der Waals surface area contributed by atoms with E-state index < -0.39 is 17.7 Å². The lowest BCUT2D eigenvalue weighted by Crippen LogP contribution is -2.28. The molecule has 0 aliphatic heterocycles. The number of carboxylic acid groups (broad SMARTS) is 1. The van der Waals surface area contributed by atoms with Crippen LogP contribution in [0.1, 0.15) is 49.3 Å². The van der Waals surface area contributed by atoms with Gasteiger partial charge in [-0.15, -0.1) is 0 Å². The molecule has 0 aliphatic rings. The van der Waals surface area contributed by atoms with Gasteiger partial charge in [-0.1, -0.05) is 36.4 Å². The minimum atomic E-state index is -1.10. The molecule has 0 aliphatic carbocycles. The predicted octanol–water partition coefficient (Wildman–Crippen LogP) is 5.77. The summed E-state index contributed by atoms with van der Waals surface area (Å²) in [6, 6.07) is 14.1. The first-order valence-electron chi connectivity index (χ1n) is 9.46. The SMILES string of the molecule is Cc1ccc(-c2c([C@H](OC(C)(C)C)C(=O)O)c(C)nc3ccccc23)cc1C. The van der Waals surface area contributed by atoms with Crippen molar-refractivity contribution in [2.75, 3.05) is 0 Å². The second kappa shape index (κ2) is 7.36. The van der Waals surface area contributed by atoms with Crippen molar-refractivity contribution in [2.24, 2.45) is 0 Å². The van der Waals surface area contributed by atoms with Crippen molar-refractivity contribution in [3.05, 3.63) is 64.8 Å². The molecule has 28 heavy (non-hydrogen) atoms. The number of hydrogen-bond donors (Lipinski definition) is 1. The van der Waals surface area contributed by atoms with Crippen LogP contribution in [0.2, 0.25) is 0 Å². The molecule has 4 nitrogen and oxygen atoms in total. The number of rotatable bonds is 4. The molecule has 0 saturated carbocycles. The number of benzene rings is 2. The molecule has 3 aromatic rings. The third-order valence-electron chi connectivity index (χ3n) is 4.87. The number of para-hydroxylation sites is 1. The number of aromatic nitrogens is 1. The van der Waals surface area contributed by atoms with Gasteiger partial charge in [-0.25, -0.2) is 4.79 Å². The Balaban J connectivity index is 2.40. The molecule has 0 spiro atoms. The van der Waals surface area contributed by atoms with Crippen LogP contribution in [0.5, 0.6) is 0 Å². The Morgan fingerprint density at radius 1 is 1.04 bits per heavy atom. The van der Waals surface area contributed by atoms with E-state index in [2.05, 4.69) is 26.0 Å². The van der Waals surface area contributed by atoms with Gasteiger partial charge in [0.1, 0.15) is 0 Å². The Morgan fingerprint density at radius 3 is 2.32 bits per heavy atom. The van der Waals surface area contributed by atoms with Gasteiger partial charge in [-0.2, -0.15) is 0 Å². The molecule has 146 valence electrons. The topological polar surface area (TPSA) is 59.4 Å². The summed E-state index contributed by atoms with van der Waals surface area (Å²) in [6.45, 7) is 11.6. The second-order valence-corrected chi connectivity index (χ2v) is 8.25. The van der Waals surface area contributed by atoms with Gasteiger partial charge in [0, 0.05) is 16.6 Å². The van der Waals surface area contributed by atoms with Gasteiger partial charge in [-0.05, 0) is 69.9 Å². The van der Waals surface area contributed by atoms with Crippen LogP contribution < -0.4 is 0 Å². The van der Waals surface area contributed by atoms with Crippen molar-refractivity contribution in [3.8, 4) is 11.1 Å². The highest BCUT2D eigenvalue weighted by Crippen LogP contribution is 2.39. The third kappa shape index (κ3) is 3.92. The standard InChI is InChI=1S/C24H27NO3/c1-14-11-12-17(13-15(14)2)21-18-9-7-8-10-19(18)25-16(3)20(21)22(23(26)27)28-24(4,5)6/h7-13,22H,1-6H3,(H,26,27)/t22-/m0/s1. The van der Waals surface area contributed by atoms with E-state index in [1.807, 2.05) is 58.0 Å². The Bertz CT molecular complexity index is 1050. The minimum Gasteiger partial charge on any atom is -0.479 e. The quantitative estimate of drug-likeness (QED) is 0.627. The summed E-state index contributed by atoms with van der Waals surface area (Å²) in [5.74, 6) is -1.01. The molecule has 1 heterocycles. The zero-order valence-corrected chi connectivity index (χ0v) is 17.3. The van der Waals surface area contributed by atoms with Crippen molar-refractivity contribution < 1.29 is 14.6 Å². The molecular weight excluding hydrogens is 350 g/mol. The molecule has 1 atom stereocenters. The van der Waals surface area contributed by atoms with E-state index >= 15 is 0 Å². The van der Waals surface area contributed by atoms with Gasteiger partial charge in [0.25, 0.3) is 0 Å². The number of pyridine rings is 1. The van der Waals surface area contributed by atoms with Crippen molar-refractivity contribution in [2.45, 2.75) is 53.2 Å². The third-order valence-corrected chi connectivity index (χ3v) is 4.87. The summed E-state index contributed by atoms with van der Waals surface area (Å²) < 4.78 is 5.99. The van der Waals surface area contributed by atoms with Crippen LogP contribution in [-0.4, -0.2) is 21.7 Å². The fourth-order valence-electron chi connectivity index (χ4n) is 3.46. The summed E-state index contributed by atoms with van der Waals surface area (Å²) in [5.41, 5.74) is 5.73. The molecule has 0 fully saturated rings. The fraction of sp³-hybridized carbons (Fsp3) is 0.333. The average molecular weight is 377 g/mol. The number of aliphatic carboxylic acids is 1. The summed E-state index contributed by atoms with van der Waals surface area (Å²) in [7, 11) is 0. The van der Waals surface area contributed by atoms with Gasteiger partial charge >= 0.3 is 5.97 Å². The number of nitrogens with zero attached hydrogens (tertiary/aromatic N) is 1. The zero-order chi connectivity index (χ0) is 20.6. The van der Waals surface area contributed by atoms with Crippen molar-refractivity contribution in [1.82, 2.24) is 4.98 Å². The number of fused-ring (bicyclic) bond motifs is 1. The Morgan fingerprint density at radius 2 is 1.71 bits per heavy atom. The first kappa shape index (κ1) is 20.0. The maximum Gasteiger partial charge on any atom is 0.337 e. The molecule has 0 unspecified atom stereocenters. The molecule has 0 radical (unpaired) electrons. The highest BCUT2D eigenvalue weighted by molar-refractivity contribution is 5.98.